The molecular weight excluding hydrogens is 270 g/mol. The van der Waals surface area contributed by atoms with Crippen LogP contribution in [-0.2, 0) is 0 Å². The lowest BCUT2D eigenvalue weighted by Crippen LogP contribution is -2.02. The van der Waals surface area contributed by atoms with E-state index in [4.69, 9.17) is 5.11 Å². The van der Waals surface area contributed by atoms with Crippen molar-refractivity contribution in [2.24, 2.45) is 0 Å². The van der Waals surface area contributed by atoms with Crippen LogP contribution in [0.3, 0.4) is 0 Å². The number of halogens is 4. The fourth-order valence-electron chi connectivity index (χ4n) is 1.33. The first kappa shape index (κ1) is 12.9. The lowest BCUT2D eigenvalue weighted by molar-refractivity contribution is 0.0663. The molecule has 0 fully saturated rings. The van der Waals surface area contributed by atoms with E-state index < -0.39 is 40.7 Å². The maximum absolute atomic E-state index is 13.3. The Balaban J connectivity index is 2.40. The molecule has 0 aliphatic heterocycles. The van der Waals surface area contributed by atoms with Gasteiger partial charge in [0.15, 0.2) is 29.2 Å². The van der Waals surface area contributed by atoms with Crippen molar-refractivity contribution in [1.82, 2.24) is 0 Å². The van der Waals surface area contributed by atoms with Gasteiger partial charge in [0.2, 0.25) is 5.76 Å². The number of carboxylic acids is 1. The molecule has 1 aromatic heterocycles. The number of hydrogen-bond donors (Lipinski definition) is 2. The van der Waals surface area contributed by atoms with Gasteiger partial charge in [-0.05, 0) is 6.07 Å². The third kappa shape index (κ3) is 2.37. The molecule has 100 valence electrons. The topological polar surface area (TPSA) is 62.5 Å². The average Bonchev–Trinajstić information content (AvgIpc) is 2.81. The minimum atomic E-state index is -1.65. The van der Waals surface area contributed by atoms with Gasteiger partial charge in [0.1, 0.15) is 5.69 Å². The van der Waals surface area contributed by atoms with E-state index in [-0.39, 0.29) is 12.0 Å². The minimum Gasteiger partial charge on any atom is -0.475 e. The molecule has 1 aromatic carbocycles. The lowest BCUT2D eigenvalue weighted by Gasteiger charge is -2.07. The molecule has 0 amide bonds. The van der Waals surface area contributed by atoms with Crippen LogP contribution < -0.4 is 5.32 Å². The molecule has 0 unspecified atom stereocenters. The first-order valence-corrected chi connectivity index (χ1v) is 4.83. The summed E-state index contributed by atoms with van der Waals surface area (Å²) in [7, 11) is 0. The fourth-order valence-corrected chi connectivity index (χ4v) is 1.33. The molecule has 0 saturated heterocycles. The third-order valence-corrected chi connectivity index (χ3v) is 2.18. The Bertz CT molecular complexity index is 627. The summed E-state index contributed by atoms with van der Waals surface area (Å²) in [6.07, 6.45) is 0. The van der Waals surface area contributed by atoms with Gasteiger partial charge in [0, 0.05) is 12.1 Å². The van der Waals surface area contributed by atoms with E-state index in [9.17, 15) is 22.4 Å². The normalized spacial score (nSPS) is 10.5. The summed E-state index contributed by atoms with van der Waals surface area (Å²) in [5.74, 6) is -8.75. The number of benzene rings is 1. The number of rotatable bonds is 3. The first-order chi connectivity index (χ1) is 8.90. The second kappa shape index (κ2) is 4.63. The highest BCUT2D eigenvalue weighted by Gasteiger charge is 2.20. The standard InChI is InChI=1S/C11H5F4NO3/c12-4-3-5(13)9(15)10(8(4)14)16-7-2-1-6(19-7)11(17)18/h1-3,16H,(H,17,18). The Morgan fingerprint density at radius 1 is 1.11 bits per heavy atom. The molecule has 0 bridgehead atoms. The Morgan fingerprint density at radius 2 is 1.68 bits per heavy atom. The monoisotopic (exact) mass is 275 g/mol. The fraction of sp³-hybridized carbons (Fsp3) is 0. The van der Waals surface area contributed by atoms with Gasteiger partial charge in [-0.3, -0.25) is 0 Å². The van der Waals surface area contributed by atoms with E-state index in [2.05, 4.69) is 4.42 Å². The molecule has 0 atom stereocenters. The summed E-state index contributed by atoms with van der Waals surface area (Å²) in [5.41, 5.74) is -1.11. The number of aromatic carboxylic acids is 1. The van der Waals surface area contributed by atoms with Gasteiger partial charge in [0.25, 0.3) is 0 Å². The van der Waals surface area contributed by atoms with Crippen LogP contribution >= 0.6 is 0 Å². The number of nitrogens with one attached hydrogen (secondary N) is 1. The Hall–Kier alpha value is -2.51. The molecule has 0 aliphatic carbocycles. The zero-order valence-electron chi connectivity index (χ0n) is 9.01. The van der Waals surface area contributed by atoms with Gasteiger partial charge in [-0.25, -0.2) is 22.4 Å². The zero-order chi connectivity index (χ0) is 14.2. The molecule has 4 nitrogen and oxygen atoms in total. The maximum Gasteiger partial charge on any atom is 0.371 e. The van der Waals surface area contributed by atoms with Crippen LogP contribution in [0.4, 0.5) is 29.1 Å². The van der Waals surface area contributed by atoms with Gasteiger partial charge in [-0.2, -0.15) is 0 Å². The molecule has 19 heavy (non-hydrogen) atoms. The number of hydrogen-bond acceptors (Lipinski definition) is 3. The highest BCUT2D eigenvalue weighted by Crippen LogP contribution is 2.28. The van der Waals surface area contributed by atoms with E-state index >= 15 is 0 Å². The average molecular weight is 275 g/mol. The Morgan fingerprint density at radius 3 is 2.16 bits per heavy atom. The lowest BCUT2D eigenvalue weighted by atomic mass is 10.2. The second-order valence-corrected chi connectivity index (χ2v) is 3.44. The SMILES string of the molecule is O=C(O)c1ccc(Nc2c(F)c(F)cc(F)c2F)o1. The summed E-state index contributed by atoms with van der Waals surface area (Å²) in [6.45, 7) is 0. The predicted octanol–water partition coefficient (Wildman–Crippen LogP) is 3.28. The quantitative estimate of drug-likeness (QED) is 0.666. The van der Waals surface area contributed by atoms with Crippen molar-refractivity contribution in [2.45, 2.75) is 0 Å². The molecule has 2 N–H and O–H groups in total. The van der Waals surface area contributed by atoms with E-state index in [0.717, 1.165) is 12.1 Å². The summed E-state index contributed by atoms with van der Waals surface area (Å²) in [4.78, 5) is 10.5. The summed E-state index contributed by atoms with van der Waals surface area (Å²) in [6, 6.07) is 2.11. The first-order valence-electron chi connectivity index (χ1n) is 4.83. The zero-order valence-corrected chi connectivity index (χ0v) is 9.01. The van der Waals surface area contributed by atoms with Crippen LogP contribution in [0.2, 0.25) is 0 Å². The molecule has 8 heteroatoms. The van der Waals surface area contributed by atoms with Gasteiger partial charge >= 0.3 is 5.97 Å². The third-order valence-electron chi connectivity index (χ3n) is 2.18. The smallest absolute Gasteiger partial charge is 0.371 e. The Kier molecular flexibility index (Phi) is 3.16. The molecule has 1 heterocycles. The van der Waals surface area contributed by atoms with Crippen molar-refractivity contribution in [2.75, 3.05) is 5.32 Å². The highest BCUT2D eigenvalue weighted by molar-refractivity contribution is 5.85. The van der Waals surface area contributed by atoms with Crippen molar-refractivity contribution in [3.8, 4) is 0 Å². The summed E-state index contributed by atoms with van der Waals surface area (Å²) >= 11 is 0. The van der Waals surface area contributed by atoms with Crippen molar-refractivity contribution in [1.29, 1.82) is 0 Å². The molecule has 2 rings (SSSR count). The highest BCUT2D eigenvalue weighted by atomic mass is 19.2. The van der Waals surface area contributed by atoms with Crippen LogP contribution in [0, 0.1) is 23.3 Å². The van der Waals surface area contributed by atoms with Crippen LogP contribution in [0.25, 0.3) is 0 Å². The number of carbonyl (C=O) groups is 1. The maximum atomic E-state index is 13.3. The molecule has 0 radical (unpaired) electrons. The van der Waals surface area contributed by atoms with E-state index in [1.54, 1.807) is 0 Å². The largest absolute Gasteiger partial charge is 0.475 e. The van der Waals surface area contributed by atoms with Crippen molar-refractivity contribution in [3.05, 3.63) is 47.2 Å². The van der Waals surface area contributed by atoms with Gasteiger partial charge in [-0.15, -0.1) is 0 Å². The van der Waals surface area contributed by atoms with E-state index in [1.165, 1.54) is 0 Å². The van der Waals surface area contributed by atoms with Crippen LogP contribution in [-0.4, -0.2) is 11.1 Å². The molecule has 0 spiro atoms. The van der Waals surface area contributed by atoms with E-state index in [1.807, 2.05) is 5.32 Å². The predicted molar refractivity (Wildman–Crippen MR) is 55.2 cm³/mol. The van der Waals surface area contributed by atoms with Crippen LogP contribution in [0.1, 0.15) is 10.6 Å². The molecule has 0 saturated carbocycles. The van der Waals surface area contributed by atoms with Crippen LogP contribution in [0.15, 0.2) is 22.6 Å². The van der Waals surface area contributed by atoms with Crippen molar-refractivity contribution >= 4 is 17.5 Å². The van der Waals surface area contributed by atoms with Gasteiger partial charge < -0.3 is 14.8 Å². The molecule has 0 aliphatic rings. The summed E-state index contributed by atoms with van der Waals surface area (Å²) in [5, 5.41) is 10.5. The van der Waals surface area contributed by atoms with Crippen molar-refractivity contribution in [3.63, 3.8) is 0 Å². The molecule has 2 aromatic rings. The van der Waals surface area contributed by atoms with E-state index in [0.29, 0.717) is 0 Å². The molecular formula is C11H5F4NO3. The number of carboxylic acid groups (broad SMARTS) is 1. The second-order valence-electron chi connectivity index (χ2n) is 3.44. The Labute approximate surface area is 103 Å². The number of furan rings is 1. The van der Waals surface area contributed by atoms with Gasteiger partial charge in [-0.1, -0.05) is 0 Å². The van der Waals surface area contributed by atoms with Crippen LogP contribution in [0.5, 0.6) is 0 Å². The van der Waals surface area contributed by atoms with Crippen molar-refractivity contribution < 1.29 is 31.9 Å². The minimum absolute atomic E-state index is 0.0562. The van der Waals surface area contributed by atoms with Gasteiger partial charge in [0.05, 0.1) is 0 Å². The number of anilines is 2. The summed E-state index contributed by atoms with van der Waals surface area (Å²) < 4.78 is 57.1.